The third-order valence-corrected chi connectivity index (χ3v) is 4.03. The van der Waals surface area contributed by atoms with Crippen LogP contribution in [0.15, 0.2) is 0 Å². The summed E-state index contributed by atoms with van der Waals surface area (Å²) in [7, 11) is 0. The fourth-order valence-corrected chi connectivity index (χ4v) is 3.45. The fraction of sp³-hybridized carbons (Fsp3) is 1.00. The van der Waals surface area contributed by atoms with E-state index in [0.717, 1.165) is 25.9 Å². The van der Waals surface area contributed by atoms with Crippen molar-refractivity contribution in [3.05, 3.63) is 0 Å². The average molecular weight is 227 g/mol. The van der Waals surface area contributed by atoms with Crippen LogP contribution in [0, 0.1) is 5.92 Å². The third-order valence-electron chi connectivity index (χ3n) is 4.03. The van der Waals surface area contributed by atoms with Gasteiger partial charge in [-0.3, -0.25) is 4.90 Å². The first-order valence-corrected chi connectivity index (χ1v) is 6.62. The van der Waals surface area contributed by atoms with Crippen LogP contribution in [0.2, 0.25) is 0 Å². The zero-order valence-corrected chi connectivity index (χ0v) is 10.5. The molecule has 1 saturated heterocycles. The fourth-order valence-electron chi connectivity index (χ4n) is 3.45. The number of likely N-dealkylation sites (tertiary alicyclic amines) is 1. The Kier molecular flexibility index (Phi) is 3.57. The van der Waals surface area contributed by atoms with Gasteiger partial charge in [0, 0.05) is 18.5 Å². The average Bonchev–Trinajstić information content (AvgIpc) is 2.71. The molecule has 0 bridgehead atoms. The van der Waals surface area contributed by atoms with E-state index in [4.69, 9.17) is 0 Å². The molecule has 0 aromatic rings. The van der Waals surface area contributed by atoms with Gasteiger partial charge in [0.1, 0.15) is 0 Å². The zero-order valence-electron chi connectivity index (χ0n) is 10.5. The molecule has 94 valence electrons. The number of hydrogen-bond donors (Lipinski definition) is 2. The molecule has 3 unspecified atom stereocenters. The summed E-state index contributed by atoms with van der Waals surface area (Å²) in [4.78, 5) is 2.39. The molecule has 16 heavy (non-hydrogen) atoms. The second-order valence-corrected chi connectivity index (χ2v) is 6.15. The quantitative estimate of drug-likeness (QED) is 0.765. The van der Waals surface area contributed by atoms with Crippen LogP contribution in [0.4, 0.5) is 0 Å². The second kappa shape index (κ2) is 4.63. The van der Waals surface area contributed by atoms with Crippen molar-refractivity contribution in [2.75, 3.05) is 13.1 Å². The largest absolute Gasteiger partial charge is 0.393 e. The van der Waals surface area contributed by atoms with Gasteiger partial charge in [-0.15, -0.1) is 0 Å². The summed E-state index contributed by atoms with van der Waals surface area (Å²) in [5.74, 6) is 0.449. The number of rotatable bonds is 3. The van der Waals surface area contributed by atoms with Gasteiger partial charge in [0.05, 0.1) is 11.7 Å². The number of β-amino-alcohol motifs (C(OH)–C–C–N with tert-alkyl or cyclic N) is 1. The maximum absolute atomic E-state index is 9.98. The van der Waals surface area contributed by atoms with Crippen LogP contribution < -0.4 is 0 Å². The summed E-state index contributed by atoms with van der Waals surface area (Å²) in [5.41, 5.74) is -0.619. The summed E-state index contributed by atoms with van der Waals surface area (Å²) in [6.45, 7) is 5.56. The van der Waals surface area contributed by atoms with Crippen LogP contribution in [0.5, 0.6) is 0 Å². The second-order valence-electron chi connectivity index (χ2n) is 6.15. The van der Waals surface area contributed by atoms with Crippen molar-refractivity contribution in [2.45, 2.75) is 63.7 Å². The molecule has 3 nitrogen and oxygen atoms in total. The topological polar surface area (TPSA) is 43.7 Å². The van der Waals surface area contributed by atoms with Crippen LogP contribution in [0.1, 0.15) is 46.0 Å². The van der Waals surface area contributed by atoms with Gasteiger partial charge < -0.3 is 10.2 Å². The molecule has 0 aromatic carbocycles. The Morgan fingerprint density at radius 1 is 1.19 bits per heavy atom. The molecule has 2 aliphatic rings. The van der Waals surface area contributed by atoms with Gasteiger partial charge in [-0.1, -0.05) is 6.42 Å². The first-order valence-electron chi connectivity index (χ1n) is 6.62. The highest BCUT2D eigenvalue weighted by molar-refractivity contribution is 4.93. The van der Waals surface area contributed by atoms with E-state index in [2.05, 4.69) is 4.90 Å². The van der Waals surface area contributed by atoms with Crippen molar-refractivity contribution in [1.82, 2.24) is 4.90 Å². The first-order chi connectivity index (χ1) is 7.47. The van der Waals surface area contributed by atoms with Crippen LogP contribution >= 0.6 is 0 Å². The lowest BCUT2D eigenvalue weighted by Crippen LogP contribution is -2.45. The molecular formula is C13H25NO2. The van der Waals surface area contributed by atoms with E-state index in [1.807, 2.05) is 13.8 Å². The molecule has 2 fully saturated rings. The van der Waals surface area contributed by atoms with Crippen molar-refractivity contribution in [3.8, 4) is 0 Å². The van der Waals surface area contributed by atoms with Crippen molar-refractivity contribution in [1.29, 1.82) is 0 Å². The monoisotopic (exact) mass is 227 g/mol. The molecule has 2 N–H and O–H groups in total. The Morgan fingerprint density at radius 2 is 1.94 bits per heavy atom. The molecule has 2 rings (SSSR count). The number of hydrogen-bond acceptors (Lipinski definition) is 3. The van der Waals surface area contributed by atoms with Gasteiger partial charge in [-0.25, -0.2) is 0 Å². The molecule has 3 atom stereocenters. The van der Waals surface area contributed by atoms with E-state index in [1.54, 1.807) is 0 Å². The highest BCUT2D eigenvalue weighted by Gasteiger charge is 2.39. The smallest absolute Gasteiger partial charge is 0.0718 e. The highest BCUT2D eigenvalue weighted by atomic mass is 16.3. The van der Waals surface area contributed by atoms with Crippen molar-refractivity contribution < 1.29 is 10.2 Å². The lowest BCUT2D eigenvalue weighted by atomic mass is 9.93. The van der Waals surface area contributed by atoms with Gasteiger partial charge in [0.2, 0.25) is 0 Å². The maximum Gasteiger partial charge on any atom is 0.0718 e. The van der Waals surface area contributed by atoms with E-state index >= 15 is 0 Å². The molecule has 1 aliphatic heterocycles. The van der Waals surface area contributed by atoms with Crippen molar-refractivity contribution >= 4 is 0 Å². The number of aliphatic hydroxyl groups is 2. The molecular weight excluding hydrogens is 202 g/mol. The Labute approximate surface area is 98.5 Å². The van der Waals surface area contributed by atoms with Crippen LogP contribution in [0.3, 0.4) is 0 Å². The van der Waals surface area contributed by atoms with E-state index in [0.29, 0.717) is 12.0 Å². The van der Waals surface area contributed by atoms with E-state index < -0.39 is 5.60 Å². The normalized spacial score (nSPS) is 37.1. The Bertz CT molecular complexity index is 237. The van der Waals surface area contributed by atoms with Crippen LogP contribution in [-0.2, 0) is 0 Å². The van der Waals surface area contributed by atoms with E-state index in [1.165, 1.54) is 19.3 Å². The minimum Gasteiger partial charge on any atom is -0.393 e. The zero-order chi connectivity index (χ0) is 11.8. The van der Waals surface area contributed by atoms with E-state index in [-0.39, 0.29) is 6.10 Å². The van der Waals surface area contributed by atoms with Gasteiger partial charge >= 0.3 is 0 Å². The third kappa shape index (κ3) is 2.76. The SMILES string of the molecule is CC(C)(O)CN1CCCC1C1CCCC1O. The predicted molar refractivity (Wildman–Crippen MR) is 64.2 cm³/mol. The molecule has 0 amide bonds. The molecule has 0 aromatic heterocycles. The Balaban J connectivity index is 1.97. The standard InChI is InChI=1S/C13H25NO2/c1-13(2,16)9-14-8-4-6-11(14)10-5-3-7-12(10)15/h10-12,15-16H,3-9H2,1-2H3. The van der Waals surface area contributed by atoms with Crippen LogP contribution in [-0.4, -0.2) is 45.9 Å². The number of aliphatic hydroxyl groups excluding tert-OH is 1. The van der Waals surface area contributed by atoms with Crippen LogP contribution in [0.25, 0.3) is 0 Å². The molecule has 1 heterocycles. The molecule has 0 spiro atoms. The first kappa shape index (κ1) is 12.3. The molecule has 1 aliphatic carbocycles. The van der Waals surface area contributed by atoms with Gasteiger partial charge in [0.25, 0.3) is 0 Å². The van der Waals surface area contributed by atoms with Gasteiger partial charge in [-0.2, -0.15) is 0 Å². The molecule has 1 saturated carbocycles. The van der Waals surface area contributed by atoms with E-state index in [9.17, 15) is 10.2 Å². The highest BCUT2D eigenvalue weighted by Crippen LogP contribution is 2.36. The minimum atomic E-state index is -0.619. The van der Waals surface area contributed by atoms with Crippen molar-refractivity contribution in [2.24, 2.45) is 5.92 Å². The summed E-state index contributed by atoms with van der Waals surface area (Å²) >= 11 is 0. The minimum absolute atomic E-state index is 0.104. The Hall–Kier alpha value is -0.120. The predicted octanol–water partition coefficient (Wildman–Crippen LogP) is 1.38. The van der Waals surface area contributed by atoms with Gasteiger partial charge in [0.15, 0.2) is 0 Å². The summed E-state index contributed by atoms with van der Waals surface area (Å²) < 4.78 is 0. The van der Waals surface area contributed by atoms with Gasteiger partial charge in [-0.05, 0) is 46.1 Å². The Morgan fingerprint density at radius 3 is 2.50 bits per heavy atom. The van der Waals surface area contributed by atoms with Crippen molar-refractivity contribution in [3.63, 3.8) is 0 Å². The molecule has 3 heteroatoms. The number of nitrogens with zero attached hydrogens (tertiary/aromatic N) is 1. The summed E-state index contributed by atoms with van der Waals surface area (Å²) in [6.07, 6.45) is 5.60. The lowest BCUT2D eigenvalue weighted by molar-refractivity contribution is 0.00828. The molecule has 0 radical (unpaired) electrons. The maximum atomic E-state index is 9.98. The summed E-state index contributed by atoms with van der Waals surface area (Å²) in [5, 5.41) is 19.9. The lowest BCUT2D eigenvalue weighted by Gasteiger charge is -2.34. The summed E-state index contributed by atoms with van der Waals surface area (Å²) in [6, 6.07) is 0.504.